The highest BCUT2D eigenvalue weighted by Crippen LogP contribution is 2.32. The van der Waals surface area contributed by atoms with Crippen LogP contribution in [0.25, 0.3) is 6.08 Å². The van der Waals surface area contributed by atoms with Gasteiger partial charge in [0.05, 0.1) is 19.1 Å². The lowest BCUT2D eigenvalue weighted by atomic mass is 10.2. The van der Waals surface area contributed by atoms with Crippen LogP contribution in [0.4, 0.5) is 0 Å². The van der Waals surface area contributed by atoms with Gasteiger partial charge in [-0.25, -0.2) is 0 Å². The summed E-state index contributed by atoms with van der Waals surface area (Å²) in [5, 5.41) is 0. The predicted molar refractivity (Wildman–Crippen MR) is 84.9 cm³/mol. The van der Waals surface area contributed by atoms with Gasteiger partial charge in [-0.15, -0.1) is 0 Å². The summed E-state index contributed by atoms with van der Waals surface area (Å²) < 4.78 is 9.98. The zero-order chi connectivity index (χ0) is 15.4. The molecule has 0 N–H and O–H groups in total. The predicted octanol–water partition coefficient (Wildman–Crippen LogP) is 2.07. The second-order valence-corrected chi connectivity index (χ2v) is 5.79. The van der Waals surface area contributed by atoms with E-state index in [1.807, 2.05) is 12.1 Å². The van der Waals surface area contributed by atoms with Crippen molar-refractivity contribution in [2.75, 3.05) is 20.8 Å². The van der Waals surface area contributed by atoms with Crippen molar-refractivity contribution in [3.05, 3.63) is 34.7 Å². The average Bonchev–Trinajstić information content (AvgIpc) is 2.75. The summed E-state index contributed by atoms with van der Waals surface area (Å²) >= 11 is 6.29. The van der Waals surface area contributed by atoms with Gasteiger partial charge < -0.3 is 9.47 Å². The van der Waals surface area contributed by atoms with E-state index in [1.54, 1.807) is 25.3 Å². The Bertz CT molecular complexity index is 610. The van der Waals surface area contributed by atoms with E-state index >= 15 is 0 Å². The quantitative estimate of drug-likeness (QED) is 0.480. The van der Waals surface area contributed by atoms with Gasteiger partial charge in [0.2, 0.25) is 0 Å². The van der Waals surface area contributed by atoms with Crippen LogP contribution in [-0.2, 0) is 14.3 Å². The van der Waals surface area contributed by atoms with Gasteiger partial charge in [-0.05, 0) is 23.8 Å². The van der Waals surface area contributed by atoms with E-state index in [4.69, 9.17) is 17.0 Å². The second-order valence-electron chi connectivity index (χ2n) is 4.12. The Labute approximate surface area is 131 Å². The van der Waals surface area contributed by atoms with Crippen LogP contribution in [0.2, 0.25) is 0 Å². The minimum atomic E-state index is -0.503. The molecule has 110 valence electrons. The molecule has 0 spiro atoms. The highest BCUT2D eigenvalue weighted by Gasteiger charge is 2.33. The smallest absolute Gasteiger partial charge is 0.325 e. The minimum absolute atomic E-state index is 0.166. The molecule has 0 unspecified atom stereocenters. The molecule has 0 aliphatic carbocycles. The van der Waals surface area contributed by atoms with Crippen LogP contribution in [0.3, 0.4) is 0 Å². The first-order chi connectivity index (χ1) is 10.0. The maximum atomic E-state index is 12.2. The lowest BCUT2D eigenvalue weighted by Gasteiger charge is -2.11. The number of rotatable bonds is 4. The zero-order valence-electron chi connectivity index (χ0n) is 11.5. The van der Waals surface area contributed by atoms with Crippen molar-refractivity contribution in [3.8, 4) is 5.75 Å². The average molecular weight is 323 g/mol. The molecule has 0 radical (unpaired) electrons. The van der Waals surface area contributed by atoms with E-state index in [2.05, 4.69) is 4.74 Å². The van der Waals surface area contributed by atoms with Crippen LogP contribution in [0.15, 0.2) is 29.2 Å². The van der Waals surface area contributed by atoms with Gasteiger partial charge in [0.15, 0.2) is 0 Å². The fourth-order valence-corrected chi connectivity index (χ4v) is 2.94. The first-order valence-corrected chi connectivity index (χ1v) is 7.24. The van der Waals surface area contributed by atoms with Gasteiger partial charge >= 0.3 is 5.97 Å². The molecule has 1 heterocycles. The number of carbonyl (C=O) groups excluding carboxylic acids is 2. The Morgan fingerprint density at radius 1 is 1.33 bits per heavy atom. The minimum Gasteiger partial charge on any atom is -0.497 e. The van der Waals surface area contributed by atoms with Crippen LogP contribution in [0, 0.1) is 0 Å². The molecule has 0 bridgehead atoms. The van der Waals surface area contributed by atoms with Gasteiger partial charge in [0, 0.05) is 0 Å². The Balaban J connectivity index is 2.17. The second kappa shape index (κ2) is 6.73. The van der Waals surface area contributed by atoms with Crippen LogP contribution in [0.5, 0.6) is 5.75 Å². The maximum Gasteiger partial charge on any atom is 0.325 e. The van der Waals surface area contributed by atoms with Gasteiger partial charge in [-0.2, -0.15) is 0 Å². The SMILES string of the molecule is COC(=O)CN1C(=O)C(=Cc2ccc(OC)cc2)SC1=S. The number of thioether (sulfide) groups is 1. The Kier molecular flexibility index (Phi) is 4.98. The van der Waals surface area contributed by atoms with Crippen molar-refractivity contribution in [3.63, 3.8) is 0 Å². The van der Waals surface area contributed by atoms with Crippen LogP contribution in [0.1, 0.15) is 5.56 Å². The molecule has 0 atom stereocenters. The number of benzene rings is 1. The molecule has 1 aliphatic heterocycles. The maximum absolute atomic E-state index is 12.2. The molecule has 1 aliphatic rings. The van der Waals surface area contributed by atoms with E-state index in [0.29, 0.717) is 9.23 Å². The molecule has 21 heavy (non-hydrogen) atoms. The first-order valence-electron chi connectivity index (χ1n) is 6.01. The summed E-state index contributed by atoms with van der Waals surface area (Å²) in [5.41, 5.74) is 0.856. The molecular formula is C14H13NO4S2. The van der Waals surface area contributed by atoms with E-state index in [-0.39, 0.29) is 12.5 Å². The number of amides is 1. The molecule has 1 fully saturated rings. The van der Waals surface area contributed by atoms with E-state index < -0.39 is 5.97 Å². The van der Waals surface area contributed by atoms with Crippen LogP contribution >= 0.6 is 24.0 Å². The molecule has 2 rings (SSSR count). The van der Waals surface area contributed by atoms with Gasteiger partial charge in [0.25, 0.3) is 5.91 Å². The molecule has 1 saturated heterocycles. The number of ether oxygens (including phenoxy) is 2. The summed E-state index contributed by atoms with van der Waals surface area (Å²) in [6.45, 7) is -0.166. The number of esters is 1. The fourth-order valence-electron chi connectivity index (χ4n) is 1.68. The largest absolute Gasteiger partial charge is 0.497 e. The highest BCUT2D eigenvalue weighted by molar-refractivity contribution is 8.26. The summed E-state index contributed by atoms with van der Waals surface area (Å²) in [5.74, 6) is -0.0476. The van der Waals surface area contributed by atoms with Crippen molar-refractivity contribution in [2.45, 2.75) is 0 Å². The molecule has 7 heteroatoms. The van der Waals surface area contributed by atoms with Crippen molar-refractivity contribution in [2.24, 2.45) is 0 Å². The van der Waals surface area contributed by atoms with Crippen molar-refractivity contribution in [1.29, 1.82) is 0 Å². The van der Waals surface area contributed by atoms with Crippen LogP contribution < -0.4 is 4.74 Å². The summed E-state index contributed by atoms with van der Waals surface area (Å²) in [7, 11) is 2.86. The molecule has 1 amide bonds. The van der Waals surface area contributed by atoms with Gasteiger partial charge in [-0.1, -0.05) is 36.1 Å². The third-order valence-corrected chi connectivity index (χ3v) is 4.18. The molecule has 0 aromatic heterocycles. The fraction of sp³-hybridized carbons (Fsp3) is 0.214. The van der Waals surface area contributed by atoms with Gasteiger partial charge in [0.1, 0.15) is 16.6 Å². The van der Waals surface area contributed by atoms with Gasteiger partial charge in [-0.3, -0.25) is 14.5 Å². The highest BCUT2D eigenvalue weighted by atomic mass is 32.2. The van der Waals surface area contributed by atoms with E-state index in [1.165, 1.54) is 23.8 Å². The topological polar surface area (TPSA) is 55.8 Å². The number of methoxy groups -OCH3 is 2. The zero-order valence-corrected chi connectivity index (χ0v) is 13.1. The number of thiocarbonyl (C=S) groups is 1. The van der Waals surface area contributed by atoms with Crippen molar-refractivity contribution >= 4 is 46.3 Å². The Morgan fingerprint density at radius 3 is 2.57 bits per heavy atom. The summed E-state index contributed by atoms with van der Waals surface area (Å²) in [6.07, 6.45) is 1.73. The monoisotopic (exact) mass is 323 g/mol. The summed E-state index contributed by atoms with van der Waals surface area (Å²) in [6, 6.07) is 7.29. The van der Waals surface area contributed by atoms with Crippen molar-refractivity contribution in [1.82, 2.24) is 4.90 Å². The number of nitrogens with zero attached hydrogens (tertiary/aromatic N) is 1. The Hall–Kier alpha value is -1.86. The normalized spacial score (nSPS) is 16.5. The molecular weight excluding hydrogens is 310 g/mol. The third-order valence-electron chi connectivity index (χ3n) is 2.80. The van der Waals surface area contributed by atoms with E-state index in [0.717, 1.165) is 11.3 Å². The molecule has 0 saturated carbocycles. The standard InChI is InChI=1S/C14H13NO4S2/c1-18-10-5-3-9(4-6-10)7-11-13(17)15(14(20)21-11)8-12(16)19-2/h3-7H,8H2,1-2H3. The number of carbonyl (C=O) groups is 2. The first kappa shape index (κ1) is 15.5. The Morgan fingerprint density at radius 2 is 2.00 bits per heavy atom. The number of hydrogen-bond acceptors (Lipinski definition) is 6. The lowest BCUT2D eigenvalue weighted by molar-refractivity contribution is -0.143. The number of hydrogen-bond donors (Lipinski definition) is 0. The lowest BCUT2D eigenvalue weighted by Crippen LogP contribution is -2.33. The molecule has 5 nitrogen and oxygen atoms in total. The van der Waals surface area contributed by atoms with Crippen LogP contribution in [-0.4, -0.2) is 41.9 Å². The third kappa shape index (κ3) is 3.62. The van der Waals surface area contributed by atoms with E-state index in [9.17, 15) is 9.59 Å². The summed E-state index contributed by atoms with van der Waals surface area (Å²) in [4.78, 5) is 25.2. The molecule has 1 aromatic carbocycles. The molecule has 1 aromatic rings. The van der Waals surface area contributed by atoms with Crippen molar-refractivity contribution < 1.29 is 19.1 Å².